The smallest absolute Gasteiger partial charge is 0.342 e. The van der Waals surface area contributed by atoms with Gasteiger partial charge in [0.25, 0.3) is 0 Å². The Kier molecular flexibility index (Phi) is 5.45. The highest BCUT2D eigenvalue weighted by Crippen LogP contribution is 2.29. The van der Waals surface area contributed by atoms with Crippen molar-refractivity contribution in [3.63, 3.8) is 0 Å². The normalized spacial score (nSPS) is 16.1. The lowest BCUT2D eigenvalue weighted by atomic mass is 10.1. The molecule has 0 radical (unpaired) electrons. The van der Waals surface area contributed by atoms with Crippen molar-refractivity contribution in [1.29, 1.82) is 0 Å². The van der Waals surface area contributed by atoms with E-state index in [-0.39, 0.29) is 5.91 Å². The second-order valence-corrected chi connectivity index (χ2v) is 5.81. The average molecular weight is 314 g/mol. The van der Waals surface area contributed by atoms with E-state index in [1.165, 1.54) is 18.6 Å². The first-order valence-corrected chi connectivity index (χ1v) is 7.49. The molecule has 122 valence electrons. The Bertz CT molecular complexity index is 493. The van der Waals surface area contributed by atoms with E-state index in [1.807, 2.05) is 9.80 Å². The van der Waals surface area contributed by atoms with Crippen LogP contribution in [0.5, 0.6) is 0 Å². The molecule has 0 bridgehead atoms. The van der Waals surface area contributed by atoms with Gasteiger partial charge in [-0.05, 0) is 44.0 Å². The van der Waals surface area contributed by atoms with Gasteiger partial charge in [-0.15, -0.1) is 0 Å². The third-order valence-electron chi connectivity index (χ3n) is 3.85. The molecule has 0 aliphatic carbocycles. The standard InChI is InChI=1S/C16H21F3N2O/c1-20(12-15(22)21-9-3-2-4-10-21)11-13-5-7-14(8-6-13)16(17,18)19/h5-8H,2-4,9-12H2,1H3. The van der Waals surface area contributed by atoms with E-state index in [9.17, 15) is 18.0 Å². The first-order valence-electron chi connectivity index (χ1n) is 7.49. The maximum Gasteiger partial charge on any atom is 0.416 e. The number of likely N-dealkylation sites (tertiary alicyclic amines) is 1. The minimum atomic E-state index is -4.31. The quantitative estimate of drug-likeness (QED) is 0.852. The van der Waals surface area contributed by atoms with E-state index < -0.39 is 11.7 Å². The lowest BCUT2D eigenvalue weighted by Crippen LogP contribution is -2.41. The maximum absolute atomic E-state index is 12.5. The third kappa shape index (κ3) is 4.73. The number of benzene rings is 1. The molecule has 2 rings (SSSR count). The molecule has 0 spiro atoms. The summed E-state index contributed by atoms with van der Waals surface area (Å²) in [7, 11) is 1.81. The summed E-state index contributed by atoms with van der Waals surface area (Å²) in [6.07, 6.45) is -1.04. The first kappa shape index (κ1) is 16.8. The van der Waals surface area contributed by atoms with Crippen LogP contribution in [0.4, 0.5) is 13.2 Å². The van der Waals surface area contributed by atoms with Crippen molar-refractivity contribution in [2.24, 2.45) is 0 Å². The summed E-state index contributed by atoms with van der Waals surface area (Å²) in [5.41, 5.74) is 0.116. The molecule has 0 unspecified atom stereocenters. The van der Waals surface area contributed by atoms with E-state index in [2.05, 4.69) is 0 Å². The summed E-state index contributed by atoms with van der Waals surface area (Å²) < 4.78 is 37.5. The molecule has 22 heavy (non-hydrogen) atoms. The van der Waals surface area contributed by atoms with Gasteiger partial charge >= 0.3 is 6.18 Å². The summed E-state index contributed by atoms with van der Waals surface area (Å²) in [5, 5.41) is 0. The number of likely N-dealkylation sites (N-methyl/N-ethyl adjacent to an activating group) is 1. The molecule has 3 nitrogen and oxygen atoms in total. The molecule has 6 heteroatoms. The van der Waals surface area contributed by atoms with Crippen LogP contribution < -0.4 is 0 Å². The van der Waals surface area contributed by atoms with Gasteiger partial charge in [0.15, 0.2) is 0 Å². The molecule has 1 saturated heterocycles. The number of rotatable bonds is 4. The molecule has 0 N–H and O–H groups in total. The van der Waals surface area contributed by atoms with Crippen LogP contribution in [0.2, 0.25) is 0 Å². The van der Waals surface area contributed by atoms with Crippen molar-refractivity contribution in [1.82, 2.24) is 9.80 Å². The molecule has 0 saturated carbocycles. The van der Waals surface area contributed by atoms with Gasteiger partial charge in [-0.25, -0.2) is 0 Å². The fraction of sp³-hybridized carbons (Fsp3) is 0.562. The van der Waals surface area contributed by atoms with Gasteiger partial charge in [-0.2, -0.15) is 13.2 Å². The van der Waals surface area contributed by atoms with Crippen LogP contribution in [0.3, 0.4) is 0 Å². The minimum Gasteiger partial charge on any atom is -0.342 e. The zero-order valence-corrected chi connectivity index (χ0v) is 12.7. The van der Waals surface area contributed by atoms with E-state index >= 15 is 0 Å². The molecule has 1 aromatic carbocycles. The van der Waals surface area contributed by atoms with Crippen LogP contribution in [0.1, 0.15) is 30.4 Å². The highest BCUT2D eigenvalue weighted by molar-refractivity contribution is 5.78. The second kappa shape index (κ2) is 7.13. The van der Waals surface area contributed by atoms with Gasteiger partial charge < -0.3 is 4.90 Å². The van der Waals surface area contributed by atoms with Crippen molar-refractivity contribution in [3.05, 3.63) is 35.4 Å². The largest absolute Gasteiger partial charge is 0.416 e. The molecule has 1 aromatic rings. The fourth-order valence-electron chi connectivity index (χ4n) is 2.64. The molecule has 1 aliphatic rings. The van der Waals surface area contributed by atoms with E-state index in [4.69, 9.17) is 0 Å². The van der Waals surface area contributed by atoms with Crippen molar-refractivity contribution in [2.45, 2.75) is 32.0 Å². The number of amides is 1. The lowest BCUT2D eigenvalue weighted by molar-refractivity contribution is -0.137. The number of hydrogen-bond donors (Lipinski definition) is 0. The number of alkyl halides is 3. The predicted octanol–water partition coefficient (Wildman–Crippen LogP) is 3.15. The topological polar surface area (TPSA) is 23.6 Å². The SMILES string of the molecule is CN(CC(=O)N1CCCCC1)Cc1ccc(C(F)(F)F)cc1. The average Bonchev–Trinajstić information content (AvgIpc) is 2.47. The summed E-state index contributed by atoms with van der Waals surface area (Å²) in [6.45, 7) is 2.37. The highest BCUT2D eigenvalue weighted by atomic mass is 19.4. The fourth-order valence-corrected chi connectivity index (χ4v) is 2.64. The monoisotopic (exact) mass is 314 g/mol. The van der Waals surface area contributed by atoms with Crippen LogP contribution in [-0.2, 0) is 17.5 Å². The maximum atomic E-state index is 12.5. The Morgan fingerprint density at radius 2 is 1.73 bits per heavy atom. The second-order valence-electron chi connectivity index (χ2n) is 5.81. The molecular weight excluding hydrogens is 293 g/mol. The van der Waals surface area contributed by atoms with Crippen LogP contribution in [-0.4, -0.2) is 42.4 Å². The van der Waals surface area contributed by atoms with Crippen molar-refractivity contribution >= 4 is 5.91 Å². The van der Waals surface area contributed by atoms with E-state index in [1.54, 1.807) is 7.05 Å². The Morgan fingerprint density at radius 1 is 1.14 bits per heavy atom. The number of carbonyl (C=O) groups excluding carboxylic acids is 1. The summed E-state index contributed by atoms with van der Waals surface area (Å²) in [6, 6.07) is 5.08. The zero-order valence-electron chi connectivity index (χ0n) is 12.7. The van der Waals surface area contributed by atoms with Crippen LogP contribution in [0, 0.1) is 0 Å². The molecule has 1 fully saturated rings. The summed E-state index contributed by atoms with van der Waals surface area (Å²) >= 11 is 0. The van der Waals surface area contributed by atoms with Gasteiger partial charge in [0.1, 0.15) is 0 Å². The Morgan fingerprint density at radius 3 is 2.27 bits per heavy atom. The number of nitrogens with zero attached hydrogens (tertiary/aromatic N) is 2. The molecule has 0 aromatic heterocycles. The summed E-state index contributed by atoms with van der Waals surface area (Å²) in [4.78, 5) is 15.8. The highest BCUT2D eigenvalue weighted by Gasteiger charge is 2.30. The minimum absolute atomic E-state index is 0.0918. The van der Waals surface area contributed by atoms with Gasteiger partial charge in [0, 0.05) is 19.6 Å². The lowest BCUT2D eigenvalue weighted by Gasteiger charge is -2.28. The molecule has 1 aliphatic heterocycles. The molecular formula is C16H21F3N2O. The van der Waals surface area contributed by atoms with E-state index in [0.29, 0.717) is 13.1 Å². The van der Waals surface area contributed by atoms with Crippen molar-refractivity contribution < 1.29 is 18.0 Å². The number of hydrogen-bond acceptors (Lipinski definition) is 2. The Hall–Kier alpha value is -1.56. The van der Waals surface area contributed by atoms with Gasteiger partial charge in [-0.3, -0.25) is 9.69 Å². The summed E-state index contributed by atoms with van der Waals surface area (Å²) in [5.74, 6) is 0.0918. The molecule has 1 heterocycles. The number of halogens is 3. The van der Waals surface area contributed by atoms with Crippen LogP contribution >= 0.6 is 0 Å². The molecule has 0 atom stereocenters. The van der Waals surface area contributed by atoms with Crippen molar-refractivity contribution in [2.75, 3.05) is 26.7 Å². The zero-order chi connectivity index (χ0) is 16.2. The predicted molar refractivity (Wildman–Crippen MR) is 78.2 cm³/mol. The van der Waals surface area contributed by atoms with Gasteiger partial charge in [-0.1, -0.05) is 12.1 Å². The van der Waals surface area contributed by atoms with Crippen LogP contribution in [0.25, 0.3) is 0 Å². The van der Waals surface area contributed by atoms with Gasteiger partial charge in [0.05, 0.1) is 12.1 Å². The van der Waals surface area contributed by atoms with Gasteiger partial charge in [0.2, 0.25) is 5.91 Å². The Labute approximate surface area is 128 Å². The Balaban J connectivity index is 1.86. The number of carbonyl (C=O) groups is 1. The molecule has 1 amide bonds. The first-order chi connectivity index (χ1) is 10.4. The number of piperidine rings is 1. The van der Waals surface area contributed by atoms with Crippen LogP contribution in [0.15, 0.2) is 24.3 Å². The van der Waals surface area contributed by atoms with E-state index in [0.717, 1.165) is 43.6 Å². The van der Waals surface area contributed by atoms with Crippen molar-refractivity contribution in [3.8, 4) is 0 Å². The third-order valence-corrected chi connectivity index (χ3v) is 3.85.